The molecule has 0 aliphatic carbocycles. The van der Waals surface area contributed by atoms with Gasteiger partial charge in [0.1, 0.15) is 11.8 Å². The van der Waals surface area contributed by atoms with Crippen molar-refractivity contribution in [3.05, 3.63) is 24.0 Å². The summed E-state index contributed by atoms with van der Waals surface area (Å²) in [6, 6.07) is 5.91. The van der Waals surface area contributed by atoms with Crippen LogP contribution in [0.3, 0.4) is 0 Å². The van der Waals surface area contributed by atoms with Gasteiger partial charge in [0.2, 0.25) is 0 Å². The summed E-state index contributed by atoms with van der Waals surface area (Å²) in [6.07, 6.45) is 1.95. The molecule has 0 saturated heterocycles. The van der Waals surface area contributed by atoms with Gasteiger partial charge in [-0.15, -0.1) is 0 Å². The van der Waals surface area contributed by atoms with E-state index in [1.807, 2.05) is 22.9 Å². The molecule has 0 unspecified atom stereocenters. The van der Waals surface area contributed by atoms with Crippen molar-refractivity contribution in [2.45, 2.75) is 27.3 Å². The molecule has 0 aliphatic rings. The van der Waals surface area contributed by atoms with Crippen molar-refractivity contribution in [2.75, 3.05) is 0 Å². The van der Waals surface area contributed by atoms with Gasteiger partial charge >= 0.3 is 0 Å². The molecule has 0 N–H and O–H groups in total. The summed E-state index contributed by atoms with van der Waals surface area (Å²) in [4.78, 5) is 0. The summed E-state index contributed by atoms with van der Waals surface area (Å²) in [7, 11) is 0. The second-order valence-electron chi connectivity index (χ2n) is 4.19. The minimum atomic E-state index is 0.227. The highest BCUT2D eigenvalue weighted by molar-refractivity contribution is 5.22. The third-order valence-corrected chi connectivity index (χ3v) is 1.59. The molecule has 2 nitrogen and oxygen atoms in total. The largest absolute Gasteiger partial charge is 0.339 e. The maximum absolute atomic E-state index is 8.73. The Morgan fingerprint density at radius 3 is 2.67 bits per heavy atom. The zero-order valence-electron chi connectivity index (χ0n) is 7.83. The van der Waals surface area contributed by atoms with Crippen molar-refractivity contribution >= 4 is 0 Å². The van der Waals surface area contributed by atoms with Gasteiger partial charge in [0.25, 0.3) is 0 Å². The Morgan fingerprint density at radius 2 is 2.17 bits per heavy atom. The lowest BCUT2D eigenvalue weighted by molar-refractivity contribution is 0.343. The van der Waals surface area contributed by atoms with Gasteiger partial charge < -0.3 is 4.57 Å². The summed E-state index contributed by atoms with van der Waals surface area (Å²) in [5, 5.41) is 8.73. The maximum atomic E-state index is 8.73. The first-order chi connectivity index (χ1) is 5.53. The number of aromatic nitrogens is 1. The van der Waals surface area contributed by atoms with Crippen LogP contribution in [0, 0.1) is 16.7 Å². The molecule has 0 atom stereocenters. The van der Waals surface area contributed by atoms with Crippen LogP contribution in [0.1, 0.15) is 26.5 Å². The van der Waals surface area contributed by atoms with Crippen LogP contribution in [0.15, 0.2) is 18.3 Å². The Balaban J connectivity index is 2.84. The molecule has 0 radical (unpaired) electrons. The van der Waals surface area contributed by atoms with E-state index < -0.39 is 0 Å². The number of hydrogen-bond donors (Lipinski definition) is 0. The third-order valence-electron chi connectivity index (χ3n) is 1.59. The van der Waals surface area contributed by atoms with Crippen LogP contribution in [-0.4, -0.2) is 4.57 Å². The molecule has 0 aromatic carbocycles. The zero-order chi connectivity index (χ0) is 9.19. The summed E-state index contributed by atoms with van der Waals surface area (Å²) >= 11 is 0. The van der Waals surface area contributed by atoms with Gasteiger partial charge in [-0.25, -0.2) is 0 Å². The highest BCUT2D eigenvalue weighted by Crippen LogP contribution is 2.17. The minimum Gasteiger partial charge on any atom is -0.339 e. The average Bonchev–Trinajstić information content (AvgIpc) is 2.31. The molecule has 1 heterocycles. The molecule has 0 saturated carbocycles. The maximum Gasteiger partial charge on any atom is 0.120 e. The molecule has 0 spiro atoms. The van der Waals surface area contributed by atoms with E-state index in [1.54, 1.807) is 0 Å². The summed E-state index contributed by atoms with van der Waals surface area (Å²) in [6.45, 7) is 7.37. The zero-order valence-corrected chi connectivity index (χ0v) is 7.83. The highest BCUT2D eigenvalue weighted by atomic mass is 15.0. The molecule has 0 aliphatic heterocycles. The van der Waals surface area contributed by atoms with E-state index in [0.29, 0.717) is 0 Å². The van der Waals surface area contributed by atoms with E-state index >= 15 is 0 Å². The van der Waals surface area contributed by atoms with E-state index in [1.165, 1.54) is 0 Å². The minimum absolute atomic E-state index is 0.227. The predicted octanol–water partition coefficient (Wildman–Crippen LogP) is 2.41. The lowest BCUT2D eigenvalue weighted by Crippen LogP contribution is -2.15. The van der Waals surface area contributed by atoms with E-state index in [9.17, 15) is 0 Å². The van der Waals surface area contributed by atoms with Gasteiger partial charge in [-0.05, 0) is 17.5 Å². The van der Waals surface area contributed by atoms with Gasteiger partial charge in [0, 0.05) is 12.7 Å². The van der Waals surface area contributed by atoms with Crippen LogP contribution in [0.4, 0.5) is 0 Å². The lowest BCUT2D eigenvalue weighted by Gasteiger charge is -2.19. The van der Waals surface area contributed by atoms with Crippen molar-refractivity contribution in [3.63, 3.8) is 0 Å². The smallest absolute Gasteiger partial charge is 0.120 e. The highest BCUT2D eigenvalue weighted by Gasteiger charge is 2.12. The Kier molecular flexibility index (Phi) is 2.23. The first kappa shape index (κ1) is 8.86. The quantitative estimate of drug-likeness (QED) is 0.623. The molecule has 1 aromatic rings. The molecule has 0 bridgehead atoms. The van der Waals surface area contributed by atoms with Crippen LogP contribution < -0.4 is 0 Å². The first-order valence-electron chi connectivity index (χ1n) is 4.08. The van der Waals surface area contributed by atoms with Gasteiger partial charge in [-0.1, -0.05) is 20.8 Å². The fourth-order valence-corrected chi connectivity index (χ4v) is 1.16. The standard InChI is InChI=1S/C10H14N2/c1-10(2,3)8-12-6-4-5-9(12)7-11/h4-6H,8H2,1-3H3. The Hall–Kier alpha value is -1.23. The molecule has 64 valence electrons. The van der Waals surface area contributed by atoms with Crippen molar-refractivity contribution in [2.24, 2.45) is 5.41 Å². The van der Waals surface area contributed by atoms with E-state index in [-0.39, 0.29) is 5.41 Å². The average molecular weight is 162 g/mol. The number of nitrogens with zero attached hydrogens (tertiary/aromatic N) is 2. The number of hydrogen-bond acceptors (Lipinski definition) is 1. The van der Waals surface area contributed by atoms with E-state index in [4.69, 9.17) is 5.26 Å². The number of rotatable bonds is 1. The SMILES string of the molecule is CC(C)(C)Cn1cccc1C#N. The number of nitriles is 1. The van der Waals surface area contributed by atoms with Crippen molar-refractivity contribution < 1.29 is 0 Å². The van der Waals surface area contributed by atoms with Gasteiger partial charge in [0.05, 0.1) is 0 Å². The fourth-order valence-electron chi connectivity index (χ4n) is 1.16. The first-order valence-corrected chi connectivity index (χ1v) is 4.08. The summed E-state index contributed by atoms with van der Waals surface area (Å²) in [5.74, 6) is 0. The predicted molar refractivity (Wildman–Crippen MR) is 48.6 cm³/mol. The molecule has 2 heteroatoms. The van der Waals surface area contributed by atoms with Crippen LogP contribution in [0.5, 0.6) is 0 Å². The second-order valence-corrected chi connectivity index (χ2v) is 4.19. The Morgan fingerprint density at radius 1 is 1.50 bits per heavy atom. The Labute approximate surface area is 73.4 Å². The van der Waals surface area contributed by atoms with E-state index in [0.717, 1.165) is 12.2 Å². The summed E-state index contributed by atoms with van der Waals surface area (Å²) in [5.41, 5.74) is 0.967. The molecule has 0 amide bonds. The molecule has 1 rings (SSSR count). The van der Waals surface area contributed by atoms with Crippen molar-refractivity contribution in [1.29, 1.82) is 5.26 Å². The van der Waals surface area contributed by atoms with Crippen LogP contribution in [0.2, 0.25) is 0 Å². The van der Waals surface area contributed by atoms with E-state index in [2.05, 4.69) is 26.8 Å². The lowest BCUT2D eigenvalue weighted by atomic mass is 9.97. The molecule has 0 fully saturated rings. The normalized spacial score (nSPS) is 11.2. The fraction of sp³-hybridized carbons (Fsp3) is 0.500. The van der Waals surface area contributed by atoms with Crippen LogP contribution in [-0.2, 0) is 6.54 Å². The topological polar surface area (TPSA) is 28.7 Å². The van der Waals surface area contributed by atoms with Gasteiger partial charge in [-0.3, -0.25) is 0 Å². The summed E-state index contributed by atoms with van der Waals surface area (Å²) < 4.78 is 1.99. The molecule has 12 heavy (non-hydrogen) atoms. The molecular formula is C10H14N2. The Bertz CT molecular complexity index is 296. The third kappa shape index (κ3) is 2.13. The van der Waals surface area contributed by atoms with Crippen molar-refractivity contribution in [3.8, 4) is 6.07 Å². The van der Waals surface area contributed by atoms with Gasteiger partial charge in [0.15, 0.2) is 0 Å². The van der Waals surface area contributed by atoms with Crippen molar-refractivity contribution in [1.82, 2.24) is 4.57 Å². The monoisotopic (exact) mass is 162 g/mol. The molecule has 1 aromatic heterocycles. The second kappa shape index (κ2) is 3.02. The van der Waals surface area contributed by atoms with Gasteiger partial charge in [-0.2, -0.15) is 5.26 Å². The molecular weight excluding hydrogens is 148 g/mol. The van der Waals surface area contributed by atoms with Crippen LogP contribution >= 0.6 is 0 Å². The van der Waals surface area contributed by atoms with Crippen LogP contribution in [0.25, 0.3) is 0 Å².